The molecule has 7 nitrogen and oxygen atoms in total. The van der Waals surface area contributed by atoms with Gasteiger partial charge in [0.1, 0.15) is 11.3 Å². The van der Waals surface area contributed by atoms with Gasteiger partial charge in [-0.05, 0) is 18.1 Å². The summed E-state index contributed by atoms with van der Waals surface area (Å²) in [6, 6.07) is 6.40. The number of aromatic nitrogens is 4. The molecule has 0 bridgehead atoms. The molecule has 1 fully saturated rings. The molecule has 1 aliphatic rings. The molecule has 2 aromatic heterocycles. The Hall–Kier alpha value is -2.87. The van der Waals surface area contributed by atoms with Crippen molar-refractivity contribution in [3.05, 3.63) is 53.7 Å². The highest BCUT2D eigenvalue weighted by Crippen LogP contribution is 2.30. The van der Waals surface area contributed by atoms with E-state index in [-0.39, 0.29) is 24.1 Å². The largest absolute Gasteiger partial charge is 0.342 e. The van der Waals surface area contributed by atoms with Crippen molar-refractivity contribution in [1.82, 2.24) is 24.6 Å². The van der Waals surface area contributed by atoms with E-state index in [1.807, 2.05) is 0 Å². The molecule has 4 rings (SSSR count). The zero-order chi connectivity index (χ0) is 18.8. The minimum absolute atomic E-state index is 0.0700. The van der Waals surface area contributed by atoms with Crippen LogP contribution in [0.15, 0.2) is 36.7 Å². The number of fused-ring (bicyclic) bond motifs is 1. The third-order valence-electron chi connectivity index (χ3n) is 4.96. The summed E-state index contributed by atoms with van der Waals surface area (Å²) in [6.07, 6.45) is 4.16. The normalized spacial score (nSPS) is 17.0. The lowest BCUT2D eigenvalue weighted by Crippen LogP contribution is -2.30. The summed E-state index contributed by atoms with van der Waals surface area (Å²) in [7, 11) is 0. The van der Waals surface area contributed by atoms with Gasteiger partial charge in [0, 0.05) is 37.9 Å². The van der Waals surface area contributed by atoms with Crippen LogP contribution in [0.1, 0.15) is 23.6 Å². The van der Waals surface area contributed by atoms with Crippen LogP contribution in [0, 0.1) is 5.82 Å². The standard InChI is InChI=1S/C19H21FN6O/c20-15-4-2-1-3-13(15)11-16(27)25-9-5-14(12-25)17-18-19(23-8-7-22-18)26(24-17)10-6-21/h1-4,7-8,14H,5-6,9-12,21H2. The number of carbonyl (C=O) groups excluding carboxylic acids is 1. The third kappa shape index (κ3) is 3.40. The Labute approximate surface area is 156 Å². The number of hydrogen-bond acceptors (Lipinski definition) is 5. The molecule has 1 aromatic carbocycles. The predicted molar refractivity (Wildman–Crippen MR) is 98.4 cm³/mol. The summed E-state index contributed by atoms with van der Waals surface area (Å²) in [5.41, 5.74) is 8.43. The molecule has 140 valence electrons. The zero-order valence-corrected chi connectivity index (χ0v) is 14.9. The molecule has 1 atom stereocenters. The Balaban J connectivity index is 1.52. The van der Waals surface area contributed by atoms with E-state index < -0.39 is 0 Å². The van der Waals surface area contributed by atoms with Crippen molar-refractivity contribution >= 4 is 17.1 Å². The van der Waals surface area contributed by atoms with E-state index in [0.29, 0.717) is 37.4 Å². The Morgan fingerprint density at radius 1 is 1.26 bits per heavy atom. The number of rotatable bonds is 5. The minimum atomic E-state index is -0.344. The van der Waals surface area contributed by atoms with Crippen LogP contribution in [-0.2, 0) is 17.8 Å². The highest BCUT2D eigenvalue weighted by Gasteiger charge is 2.31. The summed E-state index contributed by atoms with van der Waals surface area (Å²) < 4.78 is 15.6. The lowest BCUT2D eigenvalue weighted by atomic mass is 10.0. The van der Waals surface area contributed by atoms with Crippen LogP contribution >= 0.6 is 0 Å². The highest BCUT2D eigenvalue weighted by molar-refractivity contribution is 5.79. The Morgan fingerprint density at radius 2 is 2.07 bits per heavy atom. The van der Waals surface area contributed by atoms with Crippen LogP contribution in [0.2, 0.25) is 0 Å². The molecular formula is C19H21FN6O. The van der Waals surface area contributed by atoms with E-state index in [1.54, 1.807) is 40.2 Å². The van der Waals surface area contributed by atoms with E-state index in [1.165, 1.54) is 6.07 Å². The fourth-order valence-corrected chi connectivity index (χ4v) is 3.60. The van der Waals surface area contributed by atoms with Crippen molar-refractivity contribution in [1.29, 1.82) is 0 Å². The SMILES string of the molecule is NCCn1nc(C2CCN(C(=O)Cc3ccccc3F)C2)c2nccnc21. The van der Waals surface area contributed by atoms with E-state index in [2.05, 4.69) is 15.1 Å². The minimum Gasteiger partial charge on any atom is -0.342 e. The second-order valence-corrected chi connectivity index (χ2v) is 6.72. The van der Waals surface area contributed by atoms with Crippen molar-refractivity contribution in [3.63, 3.8) is 0 Å². The Morgan fingerprint density at radius 3 is 2.89 bits per heavy atom. The summed E-state index contributed by atoms with van der Waals surface area (Å²) in [6.45, 7) is 2.21. The van der Waals surface area contributed by atoms with Gasteiger partial charge in [-0.25, -0.2) is 19.0 Å². The van der Waals surface area contributed by atoms with Crippen LogP contribution in [0.5, 0.6) is 0 Å². The van der Waals surface area contributed by atoms with Gasteiger partial charge in [0.25, 0.3) is 0 Å². The first-order valence-electron chi connectivity index (χ1n) is 9.06. The number of benzene rings is 1. The molecule has 1 saturated heterocycles. The number of carbonyl (C=O) groups is 1. The molecule has 0 aliphatic carbocycles. The lowest BCUT2D eigenvalue weighted by Gasteiger charge is -2.16. The number of halogens is 1. The fraction of sp³-hybridized carbons (Fsp3) is 0.368. The van der Waals surface area contributed by atoms with Gasteiger partial charge in [-0.15, -0.1) is 0 Å². The van der Waals surface area contributed by atoms with Crippen molar-refractivity contribution in [2.24, 2.45) is 5.73 Å². The molecule has 3 heterocycles. The molecule has 0 spiro atoms. The van der Waals surface area contributed by atoms with Gasteiger partial charge in [-0.2, -0.15) is 5.10 Å². The number of nitrogens with zero attached hydrogens (tertiary/aromatic N) is 5. The van der Waals surface area contributed by atoms with Crippen molar-refractivity contribution in [3.8, 4) is 0 Å². The molecule has 8 heteroatoms. The highest BCUT2D eigenvalue weighted by atomic mass is 19.1. The molecular weight excluding hydrogens is 347 g/mol. The topological polar surface area (TPSA) is 89.9 Å². The van der Waals surface area contributed by atoms with Crippen LogP contribution in [0.3, 0.4) is 0 Å². The first-order chi connectivity index (χ1) is 13.2. The van der Waals surface area contributed by atoms with Crippen LogP contribution < -0.4 is 5.73 Å². The van der Waals surface area contributed by atoms with Gasteiger partial charge >= 0.3 is 0 Å². The molecule has 1 unspecified atom stereocenters. The molecule has 3 aromatic rings. The maximum absolute atomic E-state index is 13.8. The lowest BCUT2D eigenvalue weighted by molar-refractivity contribution is -0.129. The fourth-order valence-electron chi connectivity index (χ4n) is 3.60. The second kappa shape index (κ2) is 7.40. The summed E-state index contributed by atoms with van der Waals surface area (Å²) in [5.74, 6) is -0.324. The zero-order valence-electron chi connectivity index (χ0n) is 14.9. The second-order valence-electron chi connectivity index (χ2n) is 6.72. The number of likely N-dealkylation sites (tertiary alicyclic amines) is 1. The van der Waals surface area contributed by atoms with E-state index in [9.17, 15) is 9.18 Å². The number of amides is 1. The maximum atomic E-state index is 13.8. The monoisotopic (exact) mass is 368 g/mol. The Bertz CT molecular complexity index is 972. The van der Waals surface area contributed by atoms with Crippen molar-refractivity contribution in [2.45, 2.75) is 25.3 Å². The Kier molecular flexibility index (Phi) is 4.81. The molecule has 1 aliphatic heterocycles. The first kappa shape index (κ1) is 17.5. The molecule has 1 amide bonds. The first-order valence-corrected chi connectivity index (χ1v) is 9.06. The average Bonchev–Trinajstić information content (AvgIpc) is 3.29. The quantitative estimate of drug-likeness (QED) is 0.737. The van der Waals surface area contributed by atoms with Crippen molar-refractivity contribution < 1.29 is 9.18 Å². The van der Waals surface area contributed by atoms with Gasteiger partial charge in [0.15, 0.2) is 5.65 Å². The van der Waals surface area contributed by atoms with Gasteiger partial charge in [-0.3, -0.25) is 4.79 Å². The summed E-state index contributed by atoms with van der Waals surface area (Å²) in [5, 5.41) is 4.67. The third-order valence-corrected chi connectivity index (χ3v) is 4.96. The summed E-state index contributed by atoms with van der Waals surface area (Å²) >= 11 is 0. The summed E-state index contributed by atoms with van der Waals surface area (Å²) in [4.78, 5) is 23.2. The number of hydrogen-bond donors (Lipinski definition) is 1. The van der Waals surface area contributed by atoms with Gasteiger partial charge in [0.2, 0.25) is 5.91 Å². The maximum Gasteiger partial charge on any atom is 0.227 e. The molecule has 2 N–H and O–H groups in total. The molecule has 0 radical (unpaired) electrons. The molecule has 27 heavy (non-hydrogen) atoms. The van der Waals surface area contributed by atoms with Crippen LogP contribution in [0.25, 0.3) is 11.2 Å². The van der Waals surface area contributed by atoms with E-state index in [4.69, 9.17) is 5.73 Å². The van der Waals surface area contributed by atoms with E-state index in [0.717, 1.165) is 17.6 Å². The smallest absolute Gasteiger partial charge is 0.227 e. The molecule has 0 saturated carbocycles. The van der Waals surface area contributed by atoms with Gasteiger partial charge in [-0.1, -0.05) is 18.2 Å². The van der Waals surface area contributed by atoms with Crippen LogP contribution in [-0.4, -0.2) is 50.2 Å². The van der Waals surface area contributed by atoms with E-state index >= 15 is 0 Å². The predicted octanol–water partition coefficient (Wildman–Crippen LogP) is 1.48. The average molecular weight is 368 g/mol. The number of nitrogens with two attached hydrogens (primary N) is 1. The van der Waals surface area contributed by atoms with Crippen LogP contribution in [0.4, 0.5) is 4.39 Å². The van der Waals surface area contributed by atoms with Gasteiger partial charge in [0.05, 0.1) is 18.7 Å². The van der Waals surface area contributed by atoms with Gasteiger partial charge < -0.3 is 10.6 Å². The van der Waals surface area contributed by atoms with Crippen molar-refractivity contribution in [2.75, 3.05) is 19.6 Å².